The van der Waals surface area contributed by atoms with E-state index in [-0.39, 0.29) is 23.9 Å². The SMILES string of the molecule is CCOC(=O)C(C)N1CCC(Oc2ccnc3ccc(F)cc23)CC1. The Labute approximate surface area is 146 Å². The van der Waals surface area contributed by atoms with Crippen LogP contribution in [0.15, 0.2) is 30.5 Å². The number of aromatic nitrogens is 1. The quantitative estimate of drug-likeness (QED) is 0.779. The molecule has 1 aliphatic heterocycles. The first kappa shape index (κ1) is 17.6. The molecule has 0 amide bonds. The van der Waals surface area contributed by atoms with Gasteiger partial charge in [-0.05, 0) is 51.0 Å². The summed E-state index contributed by atoms with van der Waals surface area (Å²) in [6.45, 7) is 5.61. The Morgan fingerprint density at radius 3 is 2.84 bits per heavy atom. The maximum absolute atomic E-state index is 13.5. The summed E-state index contributed by atoms with van der Waals surface area (Å²) in [6.07, 6.45) is 3.33. The standard InChI is InChI=1S/C19H23FN2O3/c1-3-24-19(23)13(2)22-10-7-15(8-11-22)25-18-6-9-21-17-5-4-14(20)12-16(17)18/h4-6,9,12-13,15H,3,7-8,10-11H2,1-2H3. The second-order valence-corrected chi connectivity index (χ2v) is 6.25. The number of hydrogen-bond donors (Lipinski definition) is 0. The van der Waals surface area contributed by atoms with Crippen molar-refractivity contribution in [1.82, 2.24) is 9.88 Å². The van der Waals surface area contributed by atoms with Gasteiger partial charge in [0.1, 0.15) is 23.7 Å². The lowest BCUT2D eigenvalue weighted by molar-refractivity contribution is -0.149. The minimum Gasteiger partial charge on any atom is -0.490 e. The lowest BCUT2D eigenvalue weighted by Gasteiger charge is -2.35. The molecule has 3 rings (SSSR count). The third-order valence-corrected chi connectivity index (χ3v) is 4.61. The molecule has 0 N–H and O–H groups in total. The fourth-order valence-electron chi connectivity index (χ4n) is 3.17. The zero-order valence-corrected chi connectivity index (χ0v) is 14.6. The van der Waals surface area contributed by atoms with E-state index in [1.165, 1.54) is 12.1 Å². The molecule has 1 fully saturated rings. The Kier molecular flexibility index (Phi) is 5.48. The van der Waals surface area contributed by atoms with E-state index in [2.05, 4.69) is 9.88 Å². The normalized spacial score (nSPS) is 17.4. The molecule has 1 saturated heterocycles. The number of carbonyl (C=O) groups excluding carboxylic acids is 1. The number of piperidine rings is 1. The fraction of sp³-hybridized carbons (Fsp3) is 0.474. The van der Waals surface area contributed by atoms with Gasteiger partial charge in [0, 0.05) is 24.7 Å². The van der Waals surface area contributed by atoms with Crippen LogP contribution in [0.2, 0.25) is 0 Å². The molecule has 1 atom stereocenters. The van der Waals surface area contributed by atoms with Crippen molar-refractivity contribution in [2.45, 2.75) is 38.8 Å². The van der Waals surface area contributed by atoms with Gasteiger partial charge in [0.15, 0.2) is 0 Å². The largest absolute Gasteiger partial charge is 0.490 e. The van der Waals surface area contributed by atoms with Gasteiger partial charge in [-0.25, -0.2) is 4.39 Å². The van der Waals surface area contributed by atoms with E-state index in [0.29, 0.717) is 23.3 Å². The molecule has 25 heavy (non-hydrogen) atoms. The average Bonchev–Trinajstić information content (AvgIpc) is 2.62. The van der Waals surface area contributed by atoms with Crippen LogP contribution in [-0.2, 0) is 9.53 Å². The molecule has 0 saturated carbocycles. The molecule has 0 radical (unpaired) electrons. The van der Waals surface area contributed by atoms with Crippen LogP contribution in [0.3, 0.4) is 0 Å². The van der Waals surface area contributed by atoms with Crippen molar-refractivity contribution >= 4 is 16.9 Å². The van der Waals surface area contributed by atoms with Crippen LogP contribution in [0, 0.1) is 5.82 Å². The van der Waals surface area contributed by atoms with Gasteiger partial charge in [-0.3, -0.25) is 14.7 Å². The van der Waals surface area contributed by atoms with Gasteiger partial charge in [0.2, 0.25) is 0 Å². The van der Waals surface area contributed by atoms with Crippen molar-refractivity contribution in [2.75, 3.05) is 19.7 Å². The van der Waals surface area contributed by atoms with Crippen molar-refractivity contribution in [2.24, 2.45) is 0 Å². The van der Waals surface area contributed by atoms with Gasteiger partial charge in [-0.1, -0.05) is 0 Å². The van der Waals surface area contributed by atoms with E-state index in [9.17, 15) is 9.18 Å². The van der Waals surface area contributed by atoms with Crippen LogP contribution in [0.4, 0.5) is 4.39 Å². The smallest absolute Gasteiger partial charge is 0.323 e. The van der Waals surface area contributed by atoms with Crippen LogP contribution >= 0.6 is 0 Å². The van der Waals surface area contributed by atoms with E-state index >= 15 is 0 Å². The fourth-order valence-corrected chi connectivity index (χ4v) is 3.17. The average molecular weight is 346 g/mol. The highest BCUT2D eigenvalue weighted by molar-refractivity contribution is 5.84. The summed E-state index contributed by atoms with van der Waals surface area (Å²) >= 11 is 0. The first-order chi connectivity index (χ1) is 12.1. The van der Waals surface area contributed by atoms with E-state index in [1.807, 2.05) is 13.8 Å². The van der Waals surface area contributed by atoms with E-state index in [0.717, 1.165) is 25.9 Å². The summed E-state index contributed by atoms with van der Waals surface area (Å²) in [5, 5.41) is 0.685. The van der Waals surface area contributed by atoms with Gasteiger partial charge in [0.05, 0.1) is 12.1 Å². The molecular weight excluding hydrogens is 323 g/mol. The summed E-state index contributed by atoms with van der Waals surface area (Å²) in [4.78, 5) is 18.2. The first-order valence-electron chi connectivity index (χ1n) is 8.70. The molecule has 1 aliphatic rings. The molecule has 2 aromatic rings. The number of ether oxygens (including phenoxy) is 2. The maximum Gasteiger partial charge on any atom is 0.323 e. The number of carbonyl (C=O) groups is 1. The number of halogens is 1. The second kappa shape index (κ2) is 7.78. The van der Waals surface area contributed by atoms with Crippen molar-refractivity contribution < 1.29 is 18.7 Å². The van der Waals surface area contributed by atoms with E-state index in [1.54, 1.807) is 18.3 Å². The number of rotatable bonds is 5. The molecular formula is C19H23FN2O3. The van der Waals surface area contributed by atoms with Gasteiger partial charge in [-0.15, -0.1) is 0 Å². The molecule has 1 aromatic carbocycles. The highest BCUT2D eigenvalue weighted by Gasteiger charge is 2.28. The molecule has 1 unspecified atom stereocenters. The zero-order valence-electron chi connectivity index (χ0n) is 14.6. The Hall–Kier alpha value is -2.21. The number of hydrogen-bond acceptors (Lipinski definition) is 5. The number of likely N-dealkylation sites (tertiary alicyclic amines) is 1. The lowest BCUT2D eigenvalue weighted by atomic mass is 10.1. The highest BCUT2D eigenvalue weighted by Crippen LogP contribution is 2.27. The summed E-state index contributed by atoms with van der Waals surface area (Å²) in [5.74, 6) is 0.169. The summed E-state index contributed by atoms with van der Waals surface area (Å²) in [5.41, 5.74) is 0.715. The maximum atomic E-state index is 13.5. The lowest BCUT2D eigenvalue weighted by Crippen LogP contribution is -2.46. The summed E-state index contributed by atoms with van der Waals surface area (Å²) in [6, 6.07) is 6.04. The van der Waals surface area contributed by atoms with Gasteiger partial charge in [-0.2, -0.15) is 0 Å². The van der Waals surface area contributed by atoms with Crippen molar-refractivity contribution in [1.29, 1.82) is 0 Å². The van der Waals surface area contributed by atoms with E-state index in [4.69, 9.17) is 9.47 Å². The minimum absolute atomic E-state index is 0.0412. The van der Waals surface area contributed by atoms with Gasteiger partial charge >= 0.3 is 5.97 Å². The Morgan fingerprint density at radius 2 is 2.12 bits per heavy atom. The number of nitrogens with zero attached hydrogens (tertiary/aromatic N) is 2. The van der Waals surface area contributed by atoms with Crippen LogP contribution in [-0.4, -0.2) is 47.7 Å². The molecule has 5 nitrogen and oxygen atoms in total. The zero-order chi connectivity index (χ0) is 17.8. The molecule has 0 spiro atoms. The van der Waals surface area contributed by atoms with E-state index < -0.39 is 0 Å². The minimum atomic E-state index is -0.302. The number of benzene rings is 1. The molecule has 6 heteroatoms. The Morgan fingerprint density at radius 1 is 1.36 bits per heavy atom. The van der Waals surface area contributed by atoms with Crippen LogP contribution in [0.5, 0.6) is 5.75 Å². The third kappa shape index (κ3) is 4.07. The molecule has 0 bridgehead atoms. The molecule has 0 aliphatic carbocycles. The van der Waals surface area contributed by atoms with Crippen molar-refractivity contribution in [3.8, 4) is 5.75 Å². The predicted molar refractivity (Wildman–Crippen MR) is 93.0 cm³/mol. The first-order valence-corrected chi connectivity index (χ1v) is 8.70. The van der Waals surface area contributed by atoms with Crippen LogP contribution in [0.25, 0.3) is 10.9 Å². The third-order valence-electron chi connectivity index (χ3n) is 4.61. The van der Waals surface area contributed by atoms with Crippen molar-refractivity contribution in [3.05, 3.63) is 36.3 Å². The van der Waals surface area contributed by atoms with Crippen LogP contribution in [0.1, 0.15) is 26.7 Å². The van der Waals surface area contributed by atoms with Gasteiger partial charge in [0.25, 0.3) is 0 Å². The Balaban J connectivity index is 1.63. The number of fused-ring (bicyclic) bond motifs is 1. The number of pyridine rings is 1. The number of esters is 1. The monoisotopic (exact) mass is 346 g/mol. The summed E-state index contributed by atoms with van der Waals surface area (Å²) in [7, 11) is 0. The summed E-state index contributed by atoms with van der Waals surface area (Å²) < 4.78 is 24.7. The Bertz CT molecular complexity index is 745. The van der Waals surface area contributed by atoms with Gasteiger partial charge < -0.3 is 9.47 Å². The van der Waals surface area contributed by atoms with Crippen molar-refractivity contribution in [3.63, 3.8) is 0 Å². The molecule has 2 heterocycles. The molecule has 1 aromatic heterocycles. The second-order valence-electron chi connectivity index (χ2n) is 6.25. The highest BCUT2D eigenvalue weighted by atomic mass is 19.1. The predicted octanol–water partition coefficient (Wildman–Crippen LogP) is 3.17. The topological polar surface area (TPSA) is 51.7 Å². The molecule has 134 valence electrons. The van der Waals surface area contributed by atoms with Crippen LogP contribution < -0.4 is 4.74 Å².